The lowest BCUT2D eigenvalue weighted by molar-refractivity contribution is 0.170. The minimum Gasteiger partial charge on any atom is -0.383 e. The highest BCUT2D eigenvalue weighted by Crippen LogP contribution is 2.37. The molecule has 0 saturated heterocycles. The van der Waals surface area contributed by atoms with Crippen molar-refractivity contribution in [3.05, 3.63) is 52.8 Å². The van der Waals surface area contributed by atoms with Crippen LogP contribution in [0.4, 0.5) is 4.39 Å². The molecular weight excluding hydrogens is 281 g/mol. The largest absolute Gasteiger partial charge is 0.383 e. The zero-order valence-electron chi connectivity index (χ0n) is 11.2. The van der Waals surface area contributed by atoms with E-state index in [0.717, 1.165) is 0 Å². The molecule has 2 N–H and O–H groups in total. The van der Waals surface area contributed by atoms with Gasteiger partial charge in [0.25, 0.3) is 0 Å². The van der Waals surface area contributed by atoms with Crippen molar-refractivity contribution >= 4 is 11.6 Å². The van der Waals surface area contributed by atoms with Gasteiger partial charge >= 0.3 is 0 Å². The zero-order chi connectivity index (χ0) is 14.6. The summed E-state index contributed by atoms with van der Waals surface area (Å²) in [5.41, 5.74) is 4.55. The SMILES string of the molecule is COCCn1ncc(Cl)c1C(F)(CN)c1ccccc1. The molecule has 0 spiro atoms. The maximum absolute atomic E-state index is 15.5. The van der Waals surface area contributed by atoms with Crippen LogP contribution in [0.25, 0.3) is 0 Å². The molecule has 0 aliphatic carbocycles. The van der Waals surface area contributed by atoms with Crippen molar-refractivity contribution in [1.82, 2.24) is 9.78 Å². The molecule has 0 aliphatic rings. The molecule has 1 aromatic carbocycles. The Balaban J connectivity index is 2.48. The highest BCUT2D eigenvalue weighted by molar-refractivity contribution is 6.31. The summed E-state index contributed by atoms with van der Waals surface area (Å²) in [6, 6.07) is 8.74. The number of hydrogen-bond acceptors (Lipinski definition) is 3. The first-order valence-electron chi connectivity index (χ1n) is 6.28. The molecule has 1 unspecified atom stereocenters. The van der Waals surface area contributed by atoms with Crippen LogP contribution >= 0.6 is 11.6 Å². The molecule has 0 radical (unpaired) electrons. The summed E-state index contributed by atoms with van der Waals surface area (Å²) in [6.07, 6.45) is 1.43. The molecule has 4 nitrogen and oxygen atoms in total. The number of nitrogens with two attached hydrogens (primary N) is 1. The van der Waals surface area contributed by atoms with Crippen LogP contribution in [0.2, 0.25) is 5.02 Å². The summed E-state index contributed by atoms with van der Waals surface area (Å²) in [5, 5.41) is 4.36. The molecule has 1 heterocycles. The van der Waals surface area contributed by atoms with E-state index in [4.69, 9.17) is 22.1 Å². The van der Waals surface area contributed by atoms with Crippen LogP contribution in [0, 0.1) is 0 Å². The van der Waals surface area contributed by atoms with E-state index >= 15 is 4.39 Å². The van der Waals surface area contributed by atoms with Gasteiger partial charge in [-0.2, -0.15) is 5.10 Å². The third-order valence-corrected chi connectivity index (χ3v) is 3.47. The predicted molar refractivity (Wildman–Crippen MR) is 76.5 cm³/mol. The van der Waals surface area contributed by atoms with E-state index < -0.39 is 5.67 Å². The van der Waals surface area contributed by atoms with Crippen molar-refractivity contribution < 1.29 is 9.13 Å². The quantitative estimate of drug-likeness (QED) is 0.890. The van der Waals surface area contributed by atoms with Crippen molar-refractivity contribution in [1.29, 1.82) is 0 Å². The van der Waals surface area contributed by atoms with Crippen LogP contribution in [0.3, 0.4) is 0 Å². The summed E-state index contributed by atoms with van der Waals surface area (Å²) in [5.74, 6) is 0. The van der Waals surface area contributed by atoms with Gasteiger partial charge in [-0.15, -0.1) is 0 Å². The van der Waals surface area contributed by atoms with Crippen molar-refractivity contribution in [2.75, 3.05) is 20.3 Å². The number of ether oxygens (including phenoxy) is 1. The van der Waals surface area contributed by atoms with Gasteiger partial charge in [-0.3, -0.25) is 4.68 Å². The zero-order valence-corrected chi connectivity index (χ0v) is 12.0. The maximum Gasteiger partial charge on any atom is 0.190 e. The van der Waals surface area contributed by atoms with E-state index in [1.807, 2.05) is 6.07 Å². The van der Waals surface area contributed by atoms with Gasteiger partial charge in [0.2, 0.25) is 0 Å². The van der Waals surface area contributed by atoms with Crippen molar-refractivity contribution in [2.45, 2.75) is 12.2 Å². The first-order valence-corrected chi connectivity index (χ1v) is 6.66. The Morgan fingerprint density at radius 3 is 2.70 bits per heavy atom. The number of alkyl halides is 1. The van der Waals surface area contributed by atoms with E-state index in [1.54, 1.807) is 31.4 Å². The van der Waals surface area contributed by atoms with Crippen LogP contribution in [0.15, 0.2) is 36.5 Å². The molecule has 0 bridgehead atoms. The van der Waals surface area contributed by atoms with Crippen LogP contribution in [-0.4, -0.2) is 30.0 Å². The molecule has 1 aromatic heterocycles. The molecule has 0 fully saturated rings. The topological polar surface area (TPSA) is 53.1 Å². The van der Waals surface area contributed by atoms with Gasteiger partial charge in [0.1, 0.15) is 5.69 Å². The molecule has 2 rings (SSSR count). The Morgan fingerprint density at radius 2 is 2.10 bits per heavy atom. The fraction of sp³-hybridized carbons (Fsp3) is 0.357. The Bertz CT molecular complexity index is 561. The van der Waals surface area contributed by atoms with Crippen molar-refractivity contribution in [3.8, 4) is 0 Å². The minimum atomic E-state index is -1.87. The summed E-state index contributed by atoms with van der Waals surface area (Å²) >= 11 is 6.12. The first-order chi connectivity index (χ1) is 9.63. The first kappa shape index (κ1) is 15.0. The van der Waals surface area contributed by atoms with Crippen LogP contribution < -0.4 is 5.73 Å². The third kappa shape index (κ3) is 2.70. The number of aromatic nitrogens is 2. The number of rotatable bonds is 6. The highest BCUT2D eigenvalue weighted by atomic mass is 35.5. The normalized spacial score (nSPS) is 14.2. The van der Waals surface area contributed by atoms with E-state index in [2.05, 4.69) is 5.10 Å². The van der Waals surface area contributed by atoms with Crippen molar-refractivity contribution in [2.24, 2.45) is 5.73 Å². The number of hydrogen-bond donors (Lipinski definition) is 1. The van der Waals surface area contributed by atoms with E-state index in [-0.39, 0.29) is 17.3 Å². The highest BCUT2D eigenvalue weighted by Gasteiger charge is 2.38. The average molecular weight is 298 g/mol. The van der Waals surface area contributed by atoms with Gasteiger partial charge in [-0.25, -0.2) is 4.39 Å². The van der Waals surface area contributed by atoms with E-state index in [0.29, 0.717) is 18.7 Å². The maximum atomic E-state index is 15.5. The Labute approximate surface area is 122 Å². The number of nitrogens with zero attached hydrogens (tertiary/aromatic N) is 2. The monoisotopic (exact) mass is 297 g/mol. The second-order valence-electron chi connectivity index (χ2n) is 4.43. The third-order valence-electron chi connectivity index (χ3n) is 3.19. The molecule has 2 aromatic rings. The predicted octanol–water partition coefficient (Wildman–Crippen LogP) is 2.35. The minimum absolute atomic E-state index is 0.213. The lowest BCUT2D eigenvalue weighted by atomic mass is 9.92. The Hall–Kier alpha value is -1.43. The van der Waals surface area contributed by atoms with Gasteiger partial charge in [0.05, 0.1) is 24.4 Å². The lowest BCUT2D eigenvalue weighted by Crippen LogP contribution is -2.35. The Morgan fingerprint density at radius 1 is 1.40 bits per heavy atom. The van der Waals surface area contributed by atoms with Crippen molar-refractivity contribution in [3.63, 3.8) is 0 Å². The van der Waals surface area contributed by atoms with Crippen LogP contribution in [0.1, 0.15) is 11.3 Å². The number of methoxy groups -OCH3 is 1. The summed E-state index contributed by atoms with van der Waals surface area (Å²) in [6.45, 7) is 0.618. The van der Waals surface area contributed by atoms with Crippen LogP contribution in [0.5, 0.6) is 0 Å². The van der Waals surface area contributed by atoms with E-state index in [1.165, 1.54) is 10.9 Å². The Kier molecular flexibility index (Phi) is 4.75. The molecule has 108 valence electrons. The summed E-state index contributed by atoms with van der Waals surface area (Å²) < 4.78 is 22.0. The molecule has 6 heteroatoms. The second-order valence-corrected chi connectivity index (χ2v) is 4.84. The number of halogens is 2. The van der Waals surface area contributed by atoms with Gasteiger partial charge in [-0.1, -0.05) is 41.9 Å². The lowest BCUT2D eigenvalue weighted by Gasteiger charge is -2.25. The molecule has 0 saturated carbocycles. The fourth-order valence-electron chi connectivity index (χ4n) is 2.16. The number of benzene rings is 1. The summed E-state index contributed by atoms with van der Waals surface area (Å²) in [7, 11) is 1.58. The van der Waals surface area contributed by atoms with Crippen LogP contribution in [-0.2, 0) is 17.0 Å². The van der Waals surface area contributed by atoms with Gasteiger partial charge < -0.3 is 10.5 Å². The molecule has 0 aliphatic heterocycles. The van der Waals surface area contributed by atoms with Gasteiger partial charge in [0.15, 0.2) is 5.67 Å². The molecular formula is C14H17ClFN3O. The van der Waals surface area contributed by atoms with Gasteiger partial charge in [0, 0.05) is 13.7 Å². The average Bonchev–Trinajstić information content (AvgIpc) is 2.86. The summed E-state index contributed by atoms with van der Waals surface area (Å²) in [4.78, 5) is 0. The van der Waals surface area contributed by atoms with E-state index in [9.17, 15) is 0 Å². The smallest absolute Gasteiger partial charge is 0.190 e. The fourth-order valence-corrected chi connectivity index (χ4v) is 2.45. The van der Waals surface area contributed by atoms with Gasteiger partial charge in [-0.05, 0) is 5.56 Å². The molecule has 20 heavy (non-hydrogen) atoms. The second kappa shape index (κ2) is 6.35. The molecule has 0 amide bonds. The standard InChI is InChI=1S/C14H17ClFN3O/c1-20-8-7-19-13(12(15)9-18-19)14(16,10-17)11-5-3-2-4-6-11/h2-6,9H,7-8,10,17H2,1H3. The molecule has 1 atom stereocenters.